The molecule has 0 bridgehead atoms. The molecule has 0 amide bonds. The maximum absolute atomic E-state index is 11.5. The third kappa shape index (κ3) is 2.97. The second-order valence-electron chi connectivity index (χ2n) is 6.48. The zero-order valence-corrected chi connectivity index (χ0v) is 14.8. The highest BCUT2D eigenvalue weighted by Crippen LogP contribution is 2.36. The van der Waals surface area contributed by atoms with E-state index in [4.69, 9.17) is 0 Å². The van der Waals surface area contributed by atoms with Gasteiger partial charge in [0.2, 0.25) is 5.70 Å². The first kappa shape index (κ1) is 17.0. The molecule has 134 valence electrons. The summed E-state index contributed by atoms with van der Waals surface area (Å²) < 4.78 is 4.59. The molecule has 5 nitrogen and oxygen atoms in total. The third-order valence-corrected chi connectivity index (χ3v) is 4.93. The second-order valence-corrected chi connectivity index (χ2v) is 6.48. The van der Waals surface area contributed by atoms with Crippen molar-refractivity contribution in [3.8, 4) is 0 Å². The molecule has 0 aromatic heterocycles. The zero-order valence-electron chi connectivity index (χ0n) is 14.8. The number of hydrogen-bond acceptors (Lipinski definition) is 4. The lowest BCUT2D eigenvalue weighted by atomic mass is 9.91. The van der Waals surface area contributed by atoms with E-state index >= 15 is 0 Å². The summed E-state index contributed by atoms with van der Waals surface area (Å²) in [4.78, 5) is 22.4. The molecule has 0 aliphatic heterocycles. The van der Waals surface area contributed by atoms with E-state index in [1.165, 1.54) is 12.5 Å². The molecule has 0 spiro atoms. The Bertz CT molecular complexity index is 1190. The number of nitro groups is 1. The molecule has 0 saturated carbocycles. The van der Waals surface area contributed by atoms with Crippen LogP contribution in [0.5, 0.6) is 0 Å². The first-order chi connectivity index (χ1) is 13.1. The van der Waals surface area contributed by atoms with Gasteiger partial charge < -0.3 is 4.74 Å². The normalized spacial score (nSPS) is 12.1. The van der Waals surface area contributed by atoms with Gasteiger partial charge in [0.25, 0.3) is 0 Å². The van der Waals surface area contributed by atoms with E-state index in [1.807, 2.05) is 30.3 Å². The van der Waals surface area contributed by atoms with Gasteiger partial charge in [-0.15, -0.1) is 0 Å². The number of hydrogen-bond donors (Lipinski definition) is 0. The number of esters is 1. The van der Waals surface area contributed by atoms with E-state index in [0.717, 1.165) is 32.5 Å². The fraction of sp³-hybridized carbons (Fsp3) is 0.136. The topological polar surface area (TPSA) is 69.4 Å². The van der Waals surface area contributed by atoms with Crippen molar-refractivity contribution >= 4 is 44.4 Å². The summed E-state index contributed by atoms with van der Waals surface area (Å²) in [5.41, 5.74) is 0.771. The molecule has 0 saturated heterocycles. The molecule has 0 radical (unpaired) electrons. The van der Waals surface area contributed by atoms with E-state index in [-0.39, 0.29) is 18.5 Å². The van der Waals surface area contributed by atoms with Gasteiger partial charge in [0, 0.05) is 12.5 Å². The Morgan fingerprint density at radius 1 is 0.963 bits per heavy atom. The van der Waals surface area contributed by atoms with Crippen molar-refractivity contribution < 1.29 is 14.5 Å². The summed E-state index contributed by atoms with van der Waals surface area (Å²) in [6, 6.07) is 18.3. The molecule has 4 aromatic carbocycles. The van der Waals surface area contributed by atoms with Crippen LogP contribution in [-0.4, -0.2) is 18.0 Å². The Kier molecular flexibility index (Phi) is 4.20. The van der Waals surface area contributed by atoms with Crippen molar-refractivity contribution in [2.75, 3.05) is 7.11 Å². The standard InChI is InChI=1S/C22H17NO4/c1-27-20(24)12-10-18(23(25)26)13-17-8-7-16-6-5-14-3-2-4-15-9-11-19(17)22(16)21(14)15/h2-9,11,13H,10,12H2,1H3/b18-13-. The molecule has 5 heteroatoms. The van der Waals surface area contributed by atoms with Gasteiger partial charge in [0.05, 0.1) is 18.5 Å². The fourth-order valence-electron chi connectivity index (χ4n) is 3.61. The summed E-state index contributed by atoms with van der Waals surface area (Å²) >= 11 is 0. The minimum atomic E-state index is -0.460. The predicted molar refractivity (Wildman–Crippen MR) is 106 cm³/mol. The van der Waals surface area contributed by atoms with Gasteiger partial charge in [-0.3, -0.25) is 14.9 Å². The van der Waals surface area contributed by atoms with Crippen molar-refractivity contribution in [3.63, 3.8) is 0 Å². The lowest BCUT2D eigenvalue weighted by molar-refractivity contribution is -0.426. The highest BCUT2D eigenvalue weighted by Gasteiger charge is 2.16. The third-order valence-electron chi connectivity index (χ3n) is 4.93. The van der Waals surface area contributed by atoms with Gasteiger partial charge in [0.15, 0.2) is 0 Å². The summed E-state index contributed by atoms with van der Waals surface area (Å²) in [6.07, 6.45) is 1.58. The molecule has 0 aliphatic carbocycles. The van der Waals surface area contributed by atoms with Crippen molar-refractivity contribution in [1.29, 1.82) is 0 Å². The van der Waals surface area contributed by atoms with Crippen LogP contribution in [0.3, 0.4) is 0 Å². The number of allylic oxidation sites excluding steroid dienone is 1. The van der Waals surface area contributed by atoms with Crippen LogP contribution in [0, 0.1) is 10.1 Å². The Morgan fingerprint density at radius 3 is 2.26 bits per heavy atom. The Balaban J connectivity index is 1.90. The van der Waals surface area contributed by atoms with Crippen LogP contribution >= 0.6 is 0 Å². The Labute approximate surface area is 155 Å². The van der Waals surface area contributed by atoms with Crippen LogP contribution in [0.4, 0.5) is 0 Å². The zero-order chi connectivity index (χ0) is 19.0. The van der Waals surface area contributed by atoms with Crippen LogP contribution in [0.25, 0.3) is 38.4 Å². The molecule has 27 heavy (non-hydrogen) atoms. The van der Waals surface area contributed by atoms with E-state index in [1.54, 1.807) is 6.08 Å². The largest absolute Gasteiger partial charge is 0.469 e. The minimum absolute atomic E-state index is 0.00423. The smallest absolute Gasteiger partial charge is 0.306 e. The van der Waals surface area contributed by atoms with E-state index < -0.39 is 10.9 Å². The molecule has 4 rings (SSSR count). The molecule has 0 aliphatic rings. The number of carbonyl (C=O) groups is 1. The quantitative estimate of drug-likeness (QED) is 0.214. The monoisotopic (exact) mass is 359 g/mol. The maximum Gasteiger partial charge on any atom is 0.306 e. The number of methoxy groups -OCH3 is 1. The number of rotatable bonds is 5. The van der Waals surface area contributed by atoms with Crippen molar-refractivity contribution in [3.05, 3.63) is 76.0 Å². The maximum atomic E-state index is 11.5. The molecular weight excluding hydrogens is 342 g/mol. The van der Waals surface area contributed by atoms with Gasteiger partial charge in [0.1, 0.15) is 0 Å². The average Bonchev–Trinajstić information content (AvgIpc) is 2.69. The summed E-state index contributed by atoms with van der Waals surface area (Å²) in [7, 11) is 1.28. The number of carbonyl (C=O) groups excluding carboxylic acids is 1. The van der Waals surface area contributed by atoms with Crippen LogP contribution in [0.1, 0.15) is 18.4 Å². The Hall–Kier alpha value is -3.47. The molecule has 0 unspecified atom stereocenters. The Morgan fingerprint density at radius 2 is 1.59 bits per heavy atom. The summed E-state index contributed by atoms with van der Waals surface area (Å²) in [5, 5.41) is 18.1. The lowest BCUT2D eigenvalue weighted by Crippen LogP contribution is -2.05. The highest BCUT2D eigenvalue weighted by atomic mass is 16.6. The van der Waals surface area contributed by atoms with Crippen LogP contribution in [0.2, 0.25) is 0 Å². The van der Waals surface area contributed by atoms with Gasteiger partial charge >= 0.3 is 5.97 Å². The number of ether oxygens (including phenoxy) is 1. The van der Waals surface area contributed by atoms with Gasteiger partial charge in [-0.05, 0) is 37.9 Å². The molecular formula is C22H17NO4. The highest BCUT2D eigenvalue weighted by molar-refractivity contribution is 6.24. The SMILES string of the molecule is COC(=O)CC/C(=C/c1ccc2ccc3cccc4ccc1c2c34)[N+](=O)[O-]. The van der Waals surface area contributed by atoms with Crippen molar-refractivity contribution in [1.82, 2.24) is 0 Å². The van der Waals surface area contributed by atoms with Gasteiger partial charge in [-0.1, -0.05) is 54.6 Å². The predicted octanol–water partition coefficient (Wildman–Crippen LogP) is 5.15. The van der Waals surface area contributed by atoms with E-state index in [2.05, 4.69) is 29.0 Å². The summed E-state index contributed by atoms with van der Waals surface area (Å²) in [5.74, 6) is -0.460. The molecule has 0 heterocycles. The second kappa shape index (κ2) is 6.68. The first-order valence-corrected chi connectivity index (χ1v) is 8.67. The molecule has 0 N–H and O–H groups in total. The summed E-state index contributed by atoms with van der Waals surface area (Å²) in [6.45, 7) is 0. The first-order valence-electron chi connectivity index (χ1n) is 8.67. The van der Waals surface area contributed by atoms with Crippen molar-refractivity contribution in [2.45, 2.75) is 12.8 Å². The minimum Gasteiger partial charge on any atom is -0.469 e. The number of benzene rings is 4. The van der Waals surface area contributed by atoms with Crippen LogP contribution < -0.4 is 0 Å². The average molecular weight is 359 g/mol. The van der Waals surface area contributed by atoms with E-state index in [0.29, 0.717) is 0 Å². The van der Waals surface area contributed by atoms with Gasteiger partial charge in [-0.25, -0.2) is 0 Å². The van der Waals surface area contributed by atoms with Crippen LogP contribution in [0.15, 0.2) is 60.3 Å². The number of nitrogens with zero attached hydrogens (tertiary/aromatic N) is 1. The van der Waals surface area contributed by atoms with E-state index in [9.17, 15) is 14.9 Å². The van der Waals surface area contributed by atoms with Crippen LogP contribution in [-0.2, 0) is 9.53 Å². The van der Waals surface area contributed by atoms with Gasteiger partial charge in [-0.2, -0.15) is 0 Å². The van der Waals surface area contributed by atoms with Crippen molar-refractivity contribution in [2.24, 2.45) is 0 Å². The lowest BCUT2D eigenvalue weighted by Gasteiger charge is -2.12. The molecule has 0 fully saturated rings. The molecule has 0 atom stereocenters. The fourth-order valence-corrected chi connectivity index (χ4v) is 3.61. The molecule has 4 aromatic rings.